The first-order valence-corrected chi connectivity index (χ1v) is 6.68. The average molecular weight is 254 g/mol. The summed E-state index contributed by atoms with van der Waals surface area (Å²) < 4.78 is 3.83. The highest BCUT2D eigenvalue weighted by atomic mass is 32.1. The number of anilines is 1. The molecule has 6 heteroatoms. The van der Waals surface area contributed by atoms with Crippen LogP contribution in [0.2, 0.25) is 0 Å². The molecule has 0 spiro atoms. The van der Waals surface area contributed by atoms with Gasteiger partial charge in [0.2, 0.25) is 0 Å². The maximum Gasteiger partial charge on any atom is 0.132 e. The minimum absolute atomic E-state index is 0.725. The maximum atomic E-state index is 5.75. The van der Waals surface area contributed by atoms with Crippen LogP contribution in [-0.4, -0.2) is 28.1 Å². The lowest BCUT2D eigenvalue weighted by atomic mass is 10.3. The van der Waals surface area contributed by atoms with Crippen LogP contribution in [-0.2, 0) is 13.0 Å². The molecule has 0 radical (unpaired) electrons. The van der Waals surface area contributed by atoms with E-state index in [1.807, 2.05) is 0 Å². The van der Waals surface area contributed by atoms with E-state index in [4.69, 9.17) is 5.73 Å². The molecule has 2 aromatic rings. The van der Waals surface area contributed by atoms with E-state index in [2.05, 4.69) is 39.0 Å². The number of hydrogen-bond acceptors (Lipinski definition) is 6. The lowest BCUT2D eigenvalue weighted by Crippen LogP contribution is -2.21. The summed E-state index contributed by atoms with van der Waals surface area (Å²) in [5, 5.41) is 6.84. The van der Waals surface area contributed by atoms with Gasteiger partial charge in [-0.3, -0.25) is 4.90 Å². The number of thiophene rings is 1. The number of hydrogen-bond donors (Lipinski definition) is 1. The highest BCUT2D eigenvalue weighted by Crippen LogP contribution is 2.15. The minimum Gasteiger partial charge on any atom is -0.388 e. The summed E-state index contributed by atoms with van der Waals surface area (Å²) in [6.07, 6.45) is 1.08. The number of aromatic nitrogens is 2. The summed E-state index contributed by atoms with van der Waals surface area (Å²) >= 11 is 3.05. The average Bonchev–Trinajstić information content (AvgIpc) is 2.88. The molecule has 0 aliphatic carbocycles. The van der Waals surface area contributed by atoms with Gasteiger partial charge in [-0.15, -0.1) is 16.4 Å². The fourth-order valence-electron chi connectivity index (χ4n) is 1.42. The fourth-order valence-corrected chi connectivity index (χ4v) is 2.55. The molecular formula is C10H14N4S2. The fraction of sp³-hybridized carbons (Fsp3) is 0.400. The van der Waals surface area contributed by atoms with Crippen LogP contribution in [0.4, 0.5) is 5.00 Å². The van der Waals surface area contributed by atoms with Crippen molar-refractivity contribution in [2.45, 2.75) is 13.0 Å². The number of rotatable bonds is 5. The summed E-state index contributed by atoms with van der Waals surface area (Å²) in [4.78, 5) is 3.63. The molecule has 0 bridgehead atoms. The molecule has 0 aromatic carbocycles. The van der Waals surface area contributed by atoms with E-state index in [1.54, 1.807) is 11.3 Å². The Morgan fingerprint density at radius 3 is 3.00 bits per heavy atom. The molecule has 0 unspecified atom stereocenters. The molecule has 86 valence electrons. The van der Waals surface area contributed by atoms with Crippen LogP contribution in [0.1, 0.15) is 10.6 Å². The minimum atomic E-state index is 0.725. The summed E-state index contributed by atoms with van der Waals surface area (Å²) in [5.41, 5.74) is 6.64. The van der Waals surface area contributed by atoms with Crippen molar-refractivity contribution in [3.8, 4) is 0 Å². The molecule has 0 aliphatic heterocycles. The van der Waals surface area contributed by atoms with Gasteiger partial charge < -0.3 is 5.73 Å². The van der Waals surface area contributed by atoms with E-state index in [0.717, 1.165) is 30.2 Å². The number of nitrogens with two attached hydrogens (primary N) is 1. The second-order valence-corrected chi connectivity index (χ2v) is 5.47. The van der Waals surface area contributed by atoms with Crippen LogP contribution < -0.4 is 5.73 Å². The summed E-state index contributed by atoms with van der Waals surface area (Å²) in [7, 11) is 2.08. The lowest BCUT2D eigenvalue weighted by Gasteiger charge is -2.14. The number of nitrogens with zero attached hydrogens (tertiary/aromatic N) is 3. The first kappa shape index (κ1) is 11.5. The molecule has 2 N–H and O–H groups in total. The Kier molecular flexibility index (Phi) is 3.87. The molecule has 2 rings (SSSR count). The second kappa shape index (κ2) is 5.38. The van der Waals surface area contributed by atoms with Gasteiger partial charge in [0.25, 0.3) is 0 Å². The van der Waals surface area contributed by atoms with E-state index in [0.29, 0.717) is 0 Å². The third-order valence-electron chi connectivity index (χ3n) is 2.32. The number of likely N-dealkylation sites (N-methyl/N-ethyl adjacent to an activating group) is 1. The molecule has 2 aromatic heterocycles. The Balaban J connectivity index is 1.81. The number of nitrogen functional groups attached to an aromatic ring is 1. The third kappa shape index (κ3) is 3.01. The summed E-state index contributed by atoms with van der Waals surface area (Å²) in [5.74, 6) is 0. The Morgan fingerprint density at radius 1 is 1.50 bits per heavy atom. The Morgan fingerprint density at radius 2 is 2.38 bits per heavy atom. The largest absolute Gasteiger partial charge is 0.388 e. The molecule has 2 heterocycles. The summed E-state index contributed by atoms with van der Waals surface area (Å²) in [6.45, 7) is 1.78. The molecular weight excluding hydrogens is 240 g/mol. The lowest BCUT2D eigenvalue weighted by molar-refractivity contribution is 0.328. The van der Waals surface area contributed by atoms with E-state index < -0.39 is 0 Å². The van der Waals surface area contributed by atoms with Gasteiger partial charge in [0.05, 0.1) is 0 Å². The smallest absolute Gasteiger partial charge is 0.132 e. The molecule has 0 amide bonds. The first-order valence-electron chi connectivity index (χ1n) is 5.03. The van der Waals surface area contributed by atoms with Gasteiger partial charge in [0, 0.05) is 29.5 Å². The van der Waals surface area contributed by atoms with Crippen LogP contribution in [0.3, 0.4) is 0 Å². The van der Waals surface area contributed by atoms with Crippen molar-refractivity contribution in [3.05, 3.63) is 28.1 Å². The molecule has 0 aliphatic rings. The van der Waals surface area contributed by atoms with Gasteiger partial charge in [0.15, 0.2) is 0 Å². The SMILES string of the molecule is CN(CCc1cccs1)Cc1nnsc1N. The van der Waals surface area contributed by atoms with Gasteiger partial charge in [-0.1, -0.05) is 10.6 Å². The van der Waals surface area contributed by atoms with Gasteiger partial charge in [-0.2, -0.15) is 0 Å². The predicted octanol–water partition coefficient (Wildman–Crippen LogP) is 1.86. The zero-order chi connectivity index (χ0) is 11.4. The van der Waals surface area contributed by atoms with E-state index >= 15 is 0 Å². The van der Waals surface area contributed by atoms with E-state index in [-0.39, 0.29) is 0 Å². The molecule has 16 heavy (non-hydrogen) atoms. The van der Waals surface area contributed by atoms with Crippen molar-refractivity contribution >= 4 is 27.9 Å². The molecule has 0 saturated carbocycles. The third-order valence-corrected chi connectivity index (χ3v) is 3.86. The van der Waals surface area contributed by atoms with E-state index in [1.165, 1.54) is 16.4 Å². The van der Waals surface area contributed by atoms with Crippen molar-refractivity contribution in [1.82, 2.24) is 14.5 Å². The first-order chi connectivity index (χ1) is 7.75. The van der Waals surface area contributed by atoms with Crippen LogP contribution >= 0.6 is 22.9 Å². The van der Waals surface area contributed by atoms with Crippen molar-refractivity contribution in [3.63, 3.8) is 0 Å². The van der Waals surface area contributed by atoms with Crippen LogP contribution in [0.25, 0.3) is 0 Å². The highest BCUT2D eigenvalue weighted by molar-refractivity contribution is 7.10. The predicted molar refractivity (Wildman–Crippen MR) is 68.7 cm³/mol. The maximum absolute atomic E-state index is 5.75. The Hall–Kier alpha value is -0.980. The molecule has 4 nitrogen and oxygen atoms in total. The van der Waals surface area contributed by atoms with Crippen molar-refractivity contribution in [1.29, 1.82) is 0 Å². The second-order valence-electron chi connectivity index (χ2n) is 3.65. The Bertz CT molecular complexity index is 424. The zero-order valence-electron chi connectivity index (χ0n) is 9.09. The van der Waals surface area contributed by atoms with Gasteiger partial charge in [-0.05, 0) is 24.9 Å². The van der Waals surface area contributed by atoms with Gasteiger partial charge in [0.1, 0.15) is 10.7 Å². The Labute approximate surface area is 103 Å². The van der Waals surface area contributed by atoms with E-state index in [9.17, 15) is 0 Å². The molecule has 0 fully saturated rings. The van der Waals surface area contributed by atoms with Crippen LogP contribution in [0, 0.1) is 0 Å². The topological polar surface area (TPSA) is 55.0 Å². The normalized spacial score (nSPS) is 11.1. The summed E-state index contributed by atoms with van der Waals surface area (Å²) in [6, 6.07) is 4.25. The zero-order valence-corrected chi connectivity index (χ0v) is 10.7. The van der Waals surface area contributed by atoms with Crippen molar-refractivity contribution < 1.29 is 0 Å². The van der Waals surface area contributed by atoms with Crippen molar-refractivity contribution in [2.24, 2.45) is 0 Å². The standard InChI is InChI=1S/C10H14N4S2/c1-14(5-4-8-3-2-6-15-8)7-9-10(11)16-13-12-9/h2-3,6H,4-5,7,11H2,1H3. The van der Waals surface area contributed by atoms with Crippen molar-refractivity contribution in [2.75, 3.05) is 19.3 Å². The van der Waals surface area contributed by atoms with Gasteiger partial charge in [-0.25, -0.2) is 0 Å². The molecule has 0 atom stereocenters. The quantitative estimate of drug-likeness (QED) is 0.885. The van der Waals surface area contributed by atoms with Crippen LogP contribution in [0.5, 0.6) is 0 Å². The molecule has 0 saturated heterocycles. The van der Waals surface area contributed by atoms with Gasteiger partial charge >= 0.3 is 0 Å². The highest BCUT2D eigenvalue weighted by Gasteiger charge is 2.07. The van der Waals surface area contributed by atoms with Crippen LogP contribution in [0.15, 0.2) is 17.5 Å². The monoisotopic (exact) mass is 254 g/mol.